The fourth-order valence-electron chi connectivity index (χ4n) is 2.93. The molecule has 0 radical (unpaired) electrons. The Morgan fingerprint density at radius 1 is 1.26 bits per heavy atom. The van der Waals surface area contributed by atoms with E-state index in [1.54, 1.807) is 19.5 Å². The first-order valence-electron chi connectivity index (χ1n) is 8.60. The average Bonchev–Trinajstić information content (AvgIpc) is 3.26. The minimum atomic E-state index is -0.687. The minimum Gasteiger partial charge on any atom is -0.387 e. The van der Waals surface area contributed by atoms with E-state index in [1.165, 1.54) is 4.90 Å². The van der Waals surface area contributed by atoms with Gasteiger partial charge in [0.25, 0.3) is 5.91 Å². The molecule has 1 aromatic heterocycles. The number of hydrogen-bond donors (Lipinski definition) is 3. The highest BCUT2D eigenvalue weighted by Gasteiger charge is 2.27. The number of fused-ring (bicyclic) bond motifs is 1. The van der Waals surface area contributed by atoms with Crippen LogP contribution in [0.15, 0.2) is 65.5 Å². The molecule has 4 rings (SSSR count). The topological polar surface area (TPSA) is 93.6 Å². The second-order valence-corrected chi connectivity index (χ2v) is 6.32. The first kappa shape index (κ1) is 17.0. The summed E-state index contributed by atoms with van der Waals surface area (Å²) in [5.41, 5.74) is 3.76. The lowest BCUT2D eigenvalue weighted by Gasteiger charge is -2.16. The number of aliphatic hydroxyl groups is 1. The van der Waals surface area contributed by atoms with Crippen molar-refractivity contribution >= 4 is 29.0 Å². The van der Waals surface area contributed by atoms with E-state index in [0.717, 1.165) is 22.2 Å². The summed E-state index contributed by atoms with van der Waals surface area (Å²) >= 11 is 0. The van der Waals surface area contributed by atoms with Crippen LogP contribution in [0.1, 0.15) is 17.2 Å². The van der Waals surface area contributed by atoms with Crippen molar-refractivity contribution in [3.63, 3.8) is 0 Å². The van der Waals surface area contributed by atoms with Gasteiger partial charge in [0.15, 0.2) is 0 Å². The smallest absolute Gasteiger partial charge is 0.279 e. The van der Waals surface area contributed by atoms with Crippen LogP contribution in [0.5, 0.6) is 0 Å². The molecule has 1 aliphatic heterocycles. The van der Waals surface area contributed by atoms with Crippen LogP contribution in [-0.4, -0.2) is 45.4 Å². The lowest BCUT2D eigenvalue weighted by molar-refractivity contribution is -0.121. The molecule has 0 saturated carbocycles. The van der Waals surface area contributed by atoms with Gasteiger partial charge >= 0.3 is 0 Å². The molecule has 136 valence electrons. The summed E-state index contributed by atoms with van der Waals surface area (Å²) < 4.78 is 0. The van der Waals surface area contributed by atoms with Crippen molar-refractivity contribution in [2.24, 2.45) is 4.99 Å². The highest BCUT2D eigenvalue weighted by Crippen LogP contribution is 2.19. The van der Waals surface area contributed by atoms with E-state index in [4.69, 9.17) is 0 Å². The van der Waals surface area contributed by atoms with Gasteiger partial charge in [-0.3, -0.25) is 9.69 Å². The van der Waals surface area contributed by atoms with E-state index < -0.39 is 6.10 Å². The number of amides is 1. The molecule has 7 nitrogen and oxygen atoms in total. The summed E-state index contributed by atoms with van der Waals surface area (Å²) in [6.45, 7) is 0.257. The molecule has 7 heteroatoms. The zero-order valence-corrected chi connectivity index (χ0v) is 14.8. The van der Waals surface area contributed by atoms with Crippen LogP contribution in [0.4, 0.5) is 0 Å². The monoisotopic (exact) mass is 361 g/mol. The van der Waals surface area contributed by atoms with Gasteiger partial charge in [-0.25, -0.2) is 9.98 Å². The van der Waals surface area contributed by atoms with Crippen molar-refractivity contribution in [2.45, 2.75) is 6.10 Å². The van der Waals surface area contributed by atoms with Crippen LogP contribution in [0.2, 0.25) is 0 Å². The van der Waals surface area contributed by atoms with Crippen molar-refractivity contribution < 1.29 is 9.90 Å². The van der Waals surface area contributed by atoms with E-state index >= 15 is 0 Å². The van der Waals surface area contributed by atoms with Crippen LogP contribution in [0, 0.1) is 0 Å². The third-order valence-corrected chi connectivity index (χ3v) is 4.45. The molecule has 1 amide bonds. The molecule has 1 atom stereocenters. The maximum Gasteiger partial charge on any atom is 0.279 e. The van der Waals surface area contributed by atoms with Crippen molar-refractivity contribution in [3.05, 3.63) is 71.7 Å². The van der Waals surface area contributed by atoms with Gasteiger partial charge in [0, 0.05) is 13.6 Å². The number of carbonyl (C=O) groups excluding carboxylic acids is 1. The number of carbonyl (C=O) groups is 1. The number of aromatic nitrogens is 2. The van der Waals surface area contributed by atoms with Crippen molar-refractivity contribution in [1.82, 2.24) is 20.2 Å². The molecule has 1 aliphatic rings. The number of benzene rings is 2. The number of guanidine groups is 1. The van der Waals surface area contributed by atoms with E-state index in [-0.39, 0.29) is 12.5 Å². The molecule has 0 fully saturated rings. The molecule has 0 unspecified atom stereocenters. The zero-order valence-electron chi connectivity index (χ0n) is 14.8. The average molecular weight is 361 g/mol. The number of aliphatic imine (C=N–C) groups is 1. The summed E-state index contributed by atoms with van der Waals surface area (Å²) in [6.07, 6.45) is 2.68. The van der Waals surface area contributed by atoms with Crippen LogP contribution < -0.4 is 5.32 Å². The standard InChI is InChI=1S/C20H19N5O2/c1-25-19(27)17(10-13-7-8-15-16(9-13)23-12-22-15)24-20(25)21-11-18(26)14-5-3-2-4-6-14/h2-10,12,18,26H,11H2,1H3,(H,21,24)(H,22,23)/b17-10-/t18-/m0/s1. The van der Waals surface area contributed by atoms with Gasteiger partial charge in [-0.05, 0) is 29.3 Å². The molecule has 2 aromatic carbocycles. The third-order valence-electron chi connectivity index (χ3n) is 4.45. The van der Waals surface area contributed by atoms with Crippen molar-refractivity contribution in [1.29, 1.82) is 0 Å². The molecule has 3 aromatic rings. The van der Waals surface area contributed by atoms with Crippen molar-refractivity contribution in [2.75, 3.05) is 13.6 Å². The fourth-order valence-corrected chi connectivity index (χ4v) is 2.93. The number of aliphatic hydroxyl groups excluding tert-OH is 1. The Morgan fingerprint density at radius 2 is 2.07 bits per heavy atom. The normalized spacial score (nSPS) is 16.8. The lowest BCUT2D eigenvalue weighted by atomic mass is 10.1. The first-order valence-corrected chi connectivity index (χ1v) is 8.60. The Labute approximate surface area is 156 Å². The Morgan fingerprint density at radius 3 is 2.89 bits per heavy atom. The number of nitrogens with zero attached hydrogens (tertiary/aromatic N) is 3. The first-order chi connectivity index (χ1) is 13.1. The maximum atomic E-state index is 12.5. The van der Waals surface area contributed by atoms with E-state index in [2.05, 4.69) is 20.3 Å². The Kier molecular flexibility index (Phi) is 4.43. The van der Waals surface area contributed by atoms with Gasteiger partial charge < -0.3 is 15.4 Å². The highest BCUT2D eigenvalue weighted by atomic mass is 16.3. The number of nitrogens with one attached hydrogen (secondary N) is 2. The molecule has 2 heterocycles. The molecule has 0 spiro atoms. The lowest BCUT2D eigenvalue weighted by Crippen LogP contribution is -2.39. The summed E-state index contributed by atoms with van der Waals surface area (Å²) in [5, 5.41) is 13.3. The number of likely N-dealkylation sites (N-methyl/N-ethyl adjacent to an activating group) is 1. The van der Waals surface area contributed by atoms with Gasteiger partial charge in [0.05, 0.1) is 23.5 Å². The minimum absolute atomic E-state index is 0.200. The number of rotatable bonds is 4. The summed E-state index contributed by atoms with van der Waals surface area (Å²) in [7, 11) is 1.65. The van der Waals surface area contributed by atoms with Crippen LogP contribution in [0.25, 0.3) is 17.1 Å². The number of aromatic amines is 1. The SMILES string of the molecule is CN1C(=O)/C(=C/c2ccc3[nH]cnc3c2)N=C1NC[C@H](O)c1ccccc1. The van der Waals surface area contributed by atoms with Gasteiger partial charge in [-0.1, -0.05) is 36.4 Å². The zero-order chi connectivity index (χ0) is 18.8. The largest absolute Gasteiger partial charge is 0.387 e. The maximum absolute atomic E-state index is 12.5. The van der Waals surface area contributed by atoms with Gasteiger partial charge in [-0.15, -0.1) is 0 Å². The van der Waals surface area contributed by atoms with E-state index in [9.17, 15) is 9.90 Å². The molecule has 3 N–H and O–H groups in total. The Balaban J connectivity index is 1.51. The molecular weight excluding hydrogens is 342 g/mol. The van der Waals surface area contributed by atoms with E-state index in [0.29, 0.717) is 11.7 Å². The highest BCUT2D eigenvalue weighted by molar-refractivity contribution is 6.13. The molecule has 0 bridgehead atoms. The second-order valence-electron chi connectivity index (χ2n) is 6.32. The van der Waals surface area contributed by atoms with Crippen LogP contribution in [0.3, 0.4) is 0 Å². The van der Waals surface area contributed by atoms with E-state index in [1.807, 2.05) is 48.5 Å². The summed E-state index contributed by atoms with van der Waals surface area (Å²) in [4.78, 5) is 25.6. The number of H-pyrrole nitrogens is 1. The number of imidazole rings is 1. The quantitative estimate of drug-likeness (QED) is 0.620. The molecule has 0 saturated heterocycles. The predicted octanol–water partition coefficient (Wildman–Crippen LogP) is 2.05. The van der Waals surface area contributed by atoms with Crippen molar-refractivity contribution in [3.8, 4) is 0 Å². The van der Waals surface area contributed by atoms with Crippen LogP contribution >= 0.6 is 0 Å². The molecule has 27 heavy (non-hydrogen) atoms. The molecule has 0 aliphatic carbocycles. The predicted molar refractivity (Wildman–Crippen MR) is 104 cm³/mol. The molecular formula is C20H19N5O2. The van der Waals surface area contributed by atoms with Crippen LogP contribution in [-0.2, 0) is 4.79 Å². The fraction of sp³-hybridized carbons (Fsp3) is 0.150. The second kappa shape index (κ2) is 7.05. The summed E-state index contributed by atoms with van der Waals surface area (Å²) in [6, 6.07) is 15.1. The number of hydrogen-bond acceptors (Lipinski definition) is 5. The Bertz CT molecular complexity index is 1040. The summed E-state index contributed by atoms with van der Waals surface area (Å²) in [5.74, 6) is 0.218. The van der Waals surface area contributed by atoms with Gasteiger partial charge in [0.2, 0.25) is 5.96 Å². The van der Waals surface area contributed by atoms with Gasteiger partial charge in [0.1, 0.15) is 5.70 Å². The Hall–Kier alpha value is -3.45. The third kappa shape index (κ3) is 3.45. The van der Waals surface area contributed by atoms with Gasteiger partial charge in [-0.2, -0.15) is 0 Å².